The Balaban J connectivity index is 2.53. The zero-order valence-corrected chi connectivity index (χ0v) is 11.0. The minimum Gasteiger partial charge on any atom is -0.497 e. The zero-order chi connectivity index (χ0) is 12.7. The standard InChI is InChI=1S/C13H18ClNO2/c1-3-4-7-15-13(16)8-10-5-6-11(17-2)9-12(10)14/h5-6,9H,3-4,7-8H2,1-2H3,(H,15,16). The molecule has 0 aliphatic heterocycles. The van der Waals surface area contributed by atoms with Gasteiger partial charge in [-0.15, -0.1) is 0 Å². The van der Waals surface area contributed by atoms with Crippen LogP contribution in [-0.4, -0.2) is 19.6 Å². The van der Waals surface area contributed by atoms with Crippen LogP contribution in [0.15, 0.2) is 18.2 Å². The summed E-state index contributed by atoms with van der Waals surface area (Å²) >= 11 is 6.05. The summed E-state index contributed by atoms with van der Waals surface area (Å²) in [5.41, 5.74) is 0.821. The van der Waals surface area contributed by atoms with E-state index in [9.17, 15) is 4.79 Å². The molecule has 0 bridgehead atoms. The number of ether oxygens (including phenoxy) is 1. The third-order valence-electron chi connectivity index (χ3n) is 2.46. The minimum atomic E-state index is 0.00511. The van der Waals surface area contributed by atoms with Gasteiger partial charge in [-0.25, -0.2) is 0 Å². The maximum Gasteiger partial charge on any atom is 0.224 e. The summed E-state index contributed by atoms with van der Waals surface area (Å²) in [5, 5.41) is 3.42. The van der Waals surface area contributed by atoms with Gasteiger partial charge in [-0.1, -0.05) is 31.0 Å². The molecule has 17 heavy (non-hydrogen) atoms. The molecule has 1 amide bonds. The third kappa shape index (κ3) is 4.65. The first-order valence-electron chi connectivity index (χ1n) is 5.76. The molecule has 94 valence electrons. The lowest BCUT2D eigenvalue weighted by Crippen LogP contribution is -2.26. The van der Waals surface area contributed by atoms with Crippen molar-refractivity contribution in [1.82, 2.24) is 5.32 Å². The minimum absolute atomic E-state index is 0.00511. The van der Waals surface area contributed by atoms with E-state index < -0.39 is 0 Å². The molecule has 0 radical (unpaired) electrons. The first-order valence-corrected chi connectivity index (χ1v) is 6.14. The fourth-order valence-electron chi connectivity index (χ4n) is 1.44. The molecule has 0 heterocycles. The van der Waals surface area contributed by atoms with Crippen molar-refractivity contribution < 1.29 is 9.53 Å². The number of hydrogen-bond donors (Lipinski definition) is 1. The number of carbonyl (C=O) groups excluding carboxylic acids is 1. The molecule has 0 aliphatic carbocycles. The van der Waals surface area contributed by atoms with Crippen molar-refractivity contribution >= 4 is 17.5 Å². The third-order valence-corrected chi connectivity index (χ3v) is 2.82. The Bertz CT molecular complexity index is 380. The average molecular weight is 256 g/mol. The van der Waals surface area contributed by atoms with Gasteiger partial charge < -0.3 is 10.1 Å². The first-order chi connectivity index (χ1) is 8.17. The zero-order valence-electron chi connectivity index (χ0n) is 10.3. The number of rotatable bonds is 6. The molecule has 4 heteroatoms. The first kappa shape index (κ1) is 13.8. The molecule has 0 unspecified atom stereocenters. The van der Waals surface area contributed by atoms with E-state index in [0.29, 0.717) is 17.2 Å². The van der Waals surface area contributed by atoms with E-state index in [1.807, 2.05) is 6.07 Å². The molecule has 0 fully saturated rings. The van der Waals surface area contributed by atoms with Gasteiger partial charge in [-0.05, 0) is 24.1 Å². The van der Waals surface area contributed by atoms with Gasteiger partial charge in [0.2, 0.25) is 5.91 Å². The van der Waals surface area contributed by atoms with Crippen LogP contribution in [0.1, 0.15) is 25.3 Å². The second-order valence-electron chi connectivity index (χ2n) is 3.84. The Kier molecular flexibility index (Phi) is 5.84. The predicted octanol–water partition coefficient (Wildman–Crippen LogP) is 2.81. The summed E-state index contributed by atoms with van der Waals surface area (Å²) in [5.74, 6) is 0.704. The van der Waals surface area contributed by atoms with E-state index >= 15 is 0 Å². The molecule has 0 aromatic heterocycles. The number of methoxy groups -OCH3 is 1. The van der Waals surface area contributed by atoms with Crippen molar-refractivity contribution in [2.75, 3.05) is 13.7 Å². The molecule has 0 saturated carbocycles. The van der Waals surface area contributed by atoms with E-state index in [-0.39, 0.29) is 5.91 Å². The van der Waals surface area contributed by atoms with E-state index in [4.69, 9.17) is 16.3 Å². The Hall–Kier alpha value is -1.22. The van der Waals surface area contributed by atoms with Crippen LogP contribution in [0.5, 0.6) is 5.75 Å². The molecule has 1 aromatic carbocycles. The van der Waals surface area contributed by atoms with Crippen LogP contribution in [0, 0.1) is 0 Å². The van der Waals surface area contributed by atoms with Gasteiger partial charge in [-0.3, -0.25) is 4.79 Å². The van der Waals surface area contributed by atoms with Gasteiger partial charge in [0, 0.05) is 11.6 Å². The number of hydrogen-bond acceptors (Lipinski definition) is 2. The van der Waals surface area contributed by atoms with E-state index in [1.165, 1.54) is 0 Å². The van der Waals surface area contributed by atoms with Gasteiger partial charge in [-0.2, -0.15) is 0 Å². The highest BCUT2D eigenvalue weighted by Crippen LogP contribution is 2.22. The topological polar surface area (TPSA) is 38.3 Å². The molecule has 0 atom stereocenters. The van der Waals surface area contributed by atoms with Crippen molar-refractivity contribution in [3.05, 3.63) is 28.8 Å². The largest absolute Gasteiger partial charge is 0.497 e. The smallest absolute Gasteiger partial charge is 0.224 e. The van der Waals surface area contributed by atoms with Gasteiger partial charge >= 0.3 is 0 Å². The number of carbonyl (C=O) groups is 1. The van der Waals surface area contributed by atoms with Gasteiger partial charge in [0.15, 0.2) is 0 Å². The van der Waals surface area contributed by atoms with Crippen molar-refractivity contribution in [2.45, 2.75) is 26.2 Å². The monoisotopic (exact) mass is 255 g/mol. The number of halogens is 1. The van der Waals surface area contributed by atoms with Crippen LogP contribution in [0.4, 0.5) is 0 Å². The second kappa shape index (κ2) is 7.17. The average Bonchev–Trinajstić information content (AvgIpc) is 2.32. The molecule has 1 N–H and O–H groups in total. The van der Waals surface area contributed by atoms with Crippen molar-refractivity contribution in [2.24, 2.45) is 0 Å². The lowest BCUT2D eigenvalue weighted by atomic mass is 10.1. The summed E-state index contributed by atoms with van der Waals surface area (Å²) in [6, 6.07) is 5.34. The fourth-order valence-corrected chi connectivity index (χ4v) is 1.68. The maximum absolute atomic E-state index is 11.6. The van der Waals surface area contributed by atoms with Crippen LogP contribution in [0.3, 0.4) is 0 Å². The van der Waals surface area contributed by atoms with Crippen LogP contribution >= 0.6 is 11.6 Å². The van der Waals surface area contributed by atoms with Crippen LogP contribution in [-0.2, 0) is 11.2 Å². The van der Waals surface area contributed by atoms with Gasteiger partial charge in [0.05, 0.1) is 13.5 Å². The fraction of sp³-hybridized carbons (Fsp3) is 0.462. The van der Waals surface area contributed by atoms with Crippen LogP contribution in [0.25, 0.3) is 0 Å². The number of benzene rings is 1. The SMILES string of the molecule is CCCCNC(=O)Cc1ccc(OC)cc1Cl. The number of nitrogens with one attached hydrogen (secondary N) is 1. The van der Waals surface area contributed by atoms with E-state index in [1.54, 1.807) is 19.2 Å². The highest BCUT2D eigenvalue weighted by molar-refractivity contribution is 6.31. The van der Waals surface area contributed by atoms with Crippen LogP contribution < -0.4 is 10.1 Å². The van der Waals surface area contributed by atoms with Crippen molar-refractivity contribution in [1.29, 1.82) is 0 Å². The molecular weight excluding hydrogens is 238 g/mol. The van der Waals surface area contributed by atoms with Crippen molar-refractivity contribution in [3.8, 4) is 5.75 Å². The van der Waals surface area contributed by atoms with Crippen LogP contribution in [0.2, 0.25) is 5.02 Å². The summed E-state index contributed by atoms with van der Waals surface area (Å²) in [6.45, 7) is 2.82. The second-order valence-corrected chi connectivity index (χ2v) is 4.24. The molecular formula is C13H18ClNO2. The van der Waals surface area contributed by atoms with E-state index in [0.717, 1.165) is 24.9 Å². The Labute approximate surface area is 107 Å². The Morgan fingerprint density at radius 3 is 2.82 bits per heavy atom. The van der Waals surface area contributed by atoms with Gasteiger partial charge in [0.1, 0.15) is 5.75 Å². The van der Waals surface area contributed by atoms with Crippen molar-refractivity contribution in [3.63, 3.8) is 0 Å². The Morgan fingerprint density at radius 2 is 2.24 bits per heavy atom. The molecule has 1 rings (SSSR count). The molecule has 1 aromatic rings. The predicted molar refractivity (Wildman–Crippen MR) is 69.6 cm³/mol. The summed E-state index contributed by atoms with van der Waals surface area (Å²) in [4.78, 5) is 11.6. The number of amides is 1. The highest BCUT2D eigenvalue weighted by Gasteiger charge is 2.07. The summed E-state index contributed by atoms with van der Waals surface area (Å²) < 4.78 is 5.05. The quantitative estimate of drug-likeness (QED) is 0.794. The number of unbranched alkanes of at least 4 members (excludes halogenated alkanes) is 1. The maximum atomic E-state index is 11.6. The molecule has 0 saturated heterocycles. The Morgan fingerprint density at radius 1 is 1.47 bits per heavy atom. The molecule has 0 spiro atoms. The summed E-state index contributed by atoms with van der Waals surface area (Å²) in [6.07, 6.45) is 2.39. The lowest BCUT2D eigenvalue weighted by molar-refractivity contribution is -0.120. The molecule has 3 nitrogen and oxygen atoms in total. The molecule has 0 aliphatic rings. The van der Waals surface area contributed by atoms with Gasteiger partial charge in [0.25, 0.3) is 0 Å². The highest BCUT2D eigenvalue weighted by atomic mass is 35.5. The lowest BCUT2D eigenvalue weighted by Gasteiger charge is -2.07. The van der Waals surface area contributed by atoms with E-state index in [2.05, 4.69) is 12.2 Å². The normalized spacial score (nSPS) is 10.1. The summed E-state index contributed by atoms with van der Waals surface area (Å²) in [7, 11) is 1.59.